The Morgan fingerprint density at radius 3 is 1.69 bits per heavy atom. The van der Waals surface area contributed by atoms with Crippen molar-refractivity contribution < 1.29 is 0 Å². The van der Waals surface area contributed by atoms with Crippen LogP contribution < -0.4 is 28.7 Å². The summed E-state index contributed by atoms with van der Waals surface area (Å²) < 4.78 is 0. The largest absolute Gasteiger partial charge is 0.330 e. The molecule has 0 amide bonds. The minimum absolute atomic E-state index is 0.107. The molecule has 0 saturated carbocycles. The second-order valence-corrected chi connectivity index (χ2v) is 3.49. The molecule has 0 aliphatic carbocycles. The topological polar surface area (TPSA) is 130 Å². The molecular weight excluding hydrogens is 166 g/mol. The summed E-state index contributed by atoms with van der Waals surface area (Å²) in [5.41, 5.74) is 27.9. The van der Waals surface area contributed by atoms with Crippen LogP contribution in [0.5, 0.6) is 0 Å². The van der Waals surface area contributed by atoms with Crippen LogP contribution in [-0.2, 0) is 0 Å². The van der Waals surface area contributed by atoms with E-state index >= 15 is 0 Å². The van der Waals surface area contributed by atoms with Crippen LogP contribution in [-0.4, -0.2) is 31.2 Å². The van der Waals surface area contributed by atoms with Gasteiger partial charge in [-0.25, -0.2) is 0 Å². The maximum absolute atomic E-state index is 6.11. The summed E-state index contributed by atoms with van der Waals surface area (Å²) in [5.74, 6) is 0. The minimum atomic E-state index is -0.442. The average molecular weight is 189 g/mol. The van der Waals surface area contributed by atoms with Crippen LogP contribution in [0.25, 0.3) is 0 Å². The first-order valence-corrected chi connectivity index (χ1v) is 4.75. The molecule has 0 aromatic rings. The van der Waals surface area contributed by atoms with Gasteiger partial charge < -0.3 is 28.7 Å². The second-order valence-electron chi connectivity index (χ2n) is 3.49. The molecule has 0 aromatic carbocycles. The first-order valence-electron chi connectivity index (χ1n) is 4.75. The maximum Gasteiger partial charge on any atom is 0.0332 e. The van der Waals surface area contributed by atoms with Crippen molar-refractivity contribution in [3.05, 3.63) is 0 Å². The molecule has 1 atom stereocenters. The number of nitrogens with two attached hydrogens (primary N) is 5. The summed E-state index contributed by atoms with van der Waals surface area (Å²) >= 11 is 0. The van der Waals surface area contributed by atoms with Gasteiger partial charge in [-0.05, 0) is 38.9 Å². The summed E-state index contributed by atoms with van der Waals surface area (Å²) in [6, 6.07) is -0.107. The van der Waals surface area contributed by atoms with Gasteiger partial charge in [0.1, 0.15) is 0 Å². The van der Waals surface area contributed by atoms with E-state index in [1.807, 2.05) is 0 Å². The lowest BCUT2D eigenvalue weighted by Gasteiger charge is -2.34. The normalized spacial score (nSPS) is 14.5. The SMILES string of the molecule is NCC[C@H](N)C(N)(CCN)CCN. The Hall–Kier alpha value is -0.200. The summed E-state index contributed by atoms with van der Waals surface area (Å²) in [5, 5.41) is 0. The molecule has 0 aliphatic heterocycles. The van der Waals surface area contributed by atoms with Crippen molar-refractivity contribution in [3.63, 3.8) is 0 Å². The first kappa shape index (κ1) is 12.8. The molecule has 0 aromatic heterocycles. The fourth-order valence-electron chi connectivity index (χ4n) is 1.50. The Morgan fingerprint density at radius 1 is 0.923 bits per heavy atom. The van der Waals surface area contributed by atoms with Gasteiger partial charge in [-0.1, -0.05) is 0 Å². The molecule has 13 heavy (non-hydrogen) atoms. The van der Waals surface area contributed by atoms with Crippen LogP contribution >= 0.6 is 0 Å². The Balaban J connectivity index is 4.18. The molecule has 0 aliphatic rings. The molecule has 0 radical (unpaired) electrons. The van der Waals surface area contributed by atoms with Crippen molar-refractivity contribution in [1.29, 1.82) is 0 Å². The highest BCUT2D eigenvalue weighted by molar-refractivity contribution is 4.94. The lowest BCUT2D eigenvalue weighted by Crippen LogP contribution is -2.57. The minimum Gasteiger partial charge on any atom is -0.330 e. The number of hydrogen-bond acceptors (Lipinski definition) is 5. The van der Waals surface area contributed by atoms with Crippen LogP contribution in [0.3, 0.4) is 0 Å². The van der Waals surface area contributed by atoms with Crippen LogP contribution in [0, 0.1) is 0 Å². The highest BCUT2D eigenvalue weighted by atomic mass is 14.9. The van der Waals surface area contributed by atoms with E-state index in [-0.39, 0.29) is 6.04 Å². The Bertz CT molecular complexity index is 122. The molecule has 80 valence electrons. The van der Waals surface area contributed by atoms with E-state index in [9.17, 15) is 0 Å². The first-order chi connectivity index (χ1) is 6.10. The molecule has 5 nitrogen and oxygen atoms in total. The van der Waals surface area contributed by atoms with Gasteiger partial charge >= 0.3 is 0 Å². The molecule has 0 spiro atoms. The van der Waals surface area contributed by atoms with Gasteiger partial charge in [0.15, 0.2) is 0 Å². The second kappa shape index (κ2) is 6.28. The van der Waals surface area contributed by atoms with Gasteiger partial charge in [-0.2, -0.15) is 0 Å². The summed E-state index contributed by atoms with van der Waals surface area (Å²) in [6.07, 6.45) is 2.12. The summed E-state index contributed by atoms with van der Waals surface area (Å²) in [6.45, 7) is 1.62. The predicted octanol–water partition coefficient (Wildman–Crippen LogP) is -1.94. The number of rotatable bonds is 7. The van der Waals surface area contributed by atoms with E-state index in [0.29, 0.717) is 32.5 Å². The standard InChI is InChI=1S/C8H23N5/c9-4-1-7(12)8(13,2-5-10)3-6-11/h7H,1-6,9-13H2/t7-/m0/s1. The zero-order valence-corrected chi connectivity index (χ0v) is 8.21. The third-order valence-corrected chi connectivity index (χ3v) is 2.44. The lowest BCUT2D eigenvalue weighted by molar-refractivity contribution is 0.296. The highest BCUT2D eigenvalue weighted by Gasteiger charge is 2.30. The molecule has 0 fully saturated rings. The molecule has 0 saturated heterocycles. The van der Waals surface area contributed by atoms with Gasteiger partial charge in [-0.15, -0.1) is 0 Å². The van der Waals surface area contributed by atoms with Crippen LogP contribution in [0.1, 0.15) is 19.3 Å². The lowest BCUT2D eigenvalue weighted by atomic mass is 9.83. The van der Waals surface area contributed by atoms with Crippen molar-refractivity contribution in [2.75, 3.05) is 19.6 Å². The average Bonchev–Trinajstić information content (AvgIpc) is 2.05. The molecule has 10 N–H and O–H groups in total. The summed E-state index contributed by atoms with van der Waals surface area (Å²) in [7, 11) is 0. The maximum atomic E-state index is 6.11. The van der Waals surface area contributed by atoms with E-state index in [0.717, 1.165) is 6.42 Å². The van der Waals surface area contributed by atoms with Crippen molar-refractivity contribution in [2.45, 2.75) is 30.8 Å². The van der Waals surface area contributed by atoms with E-state index < -0.39 is 5.54 Å². The van der Waals surface area contributed by atoms with Crippen LogP contribution in [0.4, 0.5) is 0 Å². The van der Waals surface area contributed by atoms with Crippen molar-refractivity contribution in [3.8, 4) is 0 Å². The Labute approximate surface area is 80.0 Å². The predicted molar refractivity (Wildman–Crippen MR) is 55.9 cm³/mol. The van der Waals surface area contributed by atoms with E-state index in [1.54, 1.807) is 0 Å². The van der Waals surface area contributed by atoms with Crippen molar-refractivity contribution >= 4 is 0 Å². The van der Waals surface area contributed by atoms with Crippen molar-refractivity contribution in [1.82, 2.24) is 0 Å². The van der Waals surface area contributed by atoms with E-state index in [2.05, 4.69) is 0 Å². The highest BCUT2D eigenvalue weighted by Crippen LogP contribution is 2.16. The molecule has 0 rings (SSSR count). The van der Waals surface area contributed by atoms with Gasteiger partial charge in [-0.3, -0.25) is 0 Å². The van der Waals surface area contributed by atoms with Gasteiger partial charge in [0.05, 0.1) is 0 Å². The van der Waals surface area contributed by atoms with Crippen molar-refractivity contribution in [2.24, 2.45) is 28.7 Å². The molecule has 0 unspecified atom stereocenters. The third kappa shape index (κ3) is 4.02. The quantitative estimate of drug-likeness (QED) is 0.318. The molecule has 5 heteroatoms. The molecule has 0 heterocycles. The fraction of sp³-hybridized carbons (Fsp3) is 1.00. The van der Waals surface area contributed by atoms with Gasteiger partial charge in [0.25, 0.3) is 0 Å². The summed E-state index contributed by atoms with van der Waals surface area (Å²) in [4.78, 5) is 0. The zero-order valence-electron chi connectivity index (χ0n) is 8.21. The van der Waals surface area contributed by atoms with E-state index in [4.69, 9.17) is 28.7 Å². The smallest absolute Gasteiger partial charge is 0.0332 e. The van der Waals surface area contributed by atoms with Crippen LogP contribution in [0.2, 0.25) is 0 Å². The molecular formula is C8H23N5. The number of hydrogen-bond donors (Lipinski definition) is 5. The van der Waals surface area contributed by atoms with Gasteiger partial charge in [0, 0.05) is 11.6 Å². The molecule has 0 bridgehead atoms. The zero-order chi connectivity index (χ0) is 10.3. The third-order valence-electron chi connectivity index (χ3n) is 2.44. The fourth-order valence-corrected chi connectivity index (χ4v) is 1.50. The van der Waals surface area contributed by atoms with Gasteiger partial charge in [0.2, 0.25) is 0 Å². The Morgan fingerprint density at radius 2 is 1.38 bits per heavy atom. The van der Waals surface area contributed by atoms with Crippen LogP contribution in [0.15, 0.2) is 0 Å². The van der Waals surface area contributed by atoms with E-state index in [1.165, 1.54) is 0 Å². The monoisotopic (exact) mass is 189 g/mol. The Kier molecular flexibility index (Phi) is 6.19.